The molecule has 0 aliphatic carbocycles. The average molecular weight is 266 g/mol. The Balaban J connectivity index is 1.97. The Bertz CT molecular complexity index is 781. The molecule has 0 aliphatic heterocycles. The van der Waals surface area contributed by atoms with E-state index >= 15 is 0 Å². The number of anilines is 1. The summed E-state index contributed by atoms with van der Waals surface area (Å²) < 4.78 is 5.34. The van der Waals surface area contributed by atoms with Gasteiger partial charge in [0.15, 0.2) is 0 Å². The molecule has 1 aromatic carbocycles. The van der Waals surface area contributed by atoms with Gasteiger partial charge in [-0.15, -0.1) is 0 Å². The van der Waals surface area contributed by atoms with E-state index in [1.54, 1.807) is 18.5 Å². The fraction of sp³-hybridized carbons (Fsp3) is 0.125. The minimum Gasteiger partial charge on any atom is -0.421 e. The van der Waals surface area contributed by atoms with Crippen LogP contribution < -0.4 is 10.5 Å². The van der Waals surface area contributed by atoms with Crippen molar-refractivity contribution in [2.75, 3.05) is 11.9 Å². The van der Waals surface area contributed by atoms with Gasteiger partial charge in [0.2, 0.25) is 0 Å². The smallest absolute Gasteiger partial charge is 0.360 e. The molecule has 4 heteroatoms. The second-order valence-electron chi connectivity index (χ2n) is 4.67. The van der Waals surface area contributed by atoms with Crippen LogP contribution in [0, 0.1) is 0 Å². The molecule has 0 bridgehead atoms. The molecule has 0 amide bonds. The monoisotopic (exact) mass is 266 g/mol. The van der Waals surface area contributed by atoms with Gasteiger partial charge in [0.05, 0.1) is 0 Å². The van der Waals surface area contributed by atoms with Crippen LogP contribution in [0.1, 0.15) is 5.56 Å². The van der Waals surface area contributed by atoms with Gasteiger partial charge in [0.25, 0.3) is 0 Å². The van der Waals surface area contributed by atoms with Gasteiger partial charge in [-0.25, -0.2) is 4.79 Å². The van der Waals surface area contributed by atoms with Gasteiger partial charge in [-0.05, 0) is 23.8 Å². The van der Waals surface area contributed by atoms with Gasteiger partial charge in [-0.3, -0.25) is 4.98 Å². The molecule has 0 saturated heterocycles. The molecule has 0 aliphatic rings. The van der Waals surface area contributed by atoms with Crippen molar-refractivity contribution < 1.29 is 4.42 Å². The van der Waals surface area contributed by atoms with E-state index < -0.39 is 0 Å². The lowest BCUT2D eigenvalue weighted by molar-refractivity contribution is 0.559. The average Bonchev–Trinajstić information content (AvgIpc) is 2.47. The summed E-state index contributed by atoms with van der Waals surface area (Å²) in [6, 6.07) is 13.2. The summed E-state index contributed by atoms with van der Waals surface area (Å²) in [7, 11) is 1.87. The van der Waals surface area contributed by atoms with Crippen LogP contribution in [0.25, 0.3) is 11.0 Å². The highest BCUT2D eigenvalue weighted by molar-refractivity contribution is 5.79. The molecule has 0 saturated carbocycles. The first-order valence-corrected chi connectivity index (χ1v) is 6.37. The van der Waals surface area contributed by atoms with Gasteiger partial charge < -0.3 is 9.32 Å². The maximum absolute atomic E-state index is 12.0. The van der Waals surface area contributed by atoms with Crippen molar-refractivity contribution in [1.29, 1.82) is 0 Å². The van der Waals surface area contributed by atoms with E-state index in [0.717, 1.165) is 10.9 Å². The zero-order valence-electron chi connectivity index (χ0n) is 11.1. The molecule has 3 rings (SSSR count). The van der Waals surface area contributed by atoms with Crippen molar-refractivity contribution in [2.24, 2.45) is 0 Å². The highest BCUT2D eigenvalue weighted by Crippen LogP contribution is 2.18. The van der Waals surface area contributed by atoms with Crippen molar-refractivity contribution in [3.63, 3.8) is 0 Å². The van der Waals surface area contributed by atoms with Crippen molar-refractivity contribution in [3.8, 4) is 0 Å². The molecular weight excluding hydrogens is 252 g/mol. The standard InChI is InChI=1S/C16H14N2O2/c1-18(11-12-5-4-8-17-10-12)14-9-13-6-2-3-7-15(13)20-16(14)19/h2-10H,11H2,1H3. The number of hydrogen-bond acceptors (Lipinski definition) is 4. The van der Waals surface area contributed by atoms with E-state index in [1.807, 2.05) is 48.3 Å². The second kappa shape index (κ2) is 5.17. The Morgan fingerprint density at radius 3 is 2.85 bits per heavy atom. The van der Waals surface area contributed by atoms with E-state index in [2.05, 4.69) is 4.98 Å². The highest BCUT2D eigenvalue weighted by Gasteiger charge is 2.10. The third kappa shape index (κ3) is 2.40. The molecule has 100 valence electrons. The first kappa shape index (κ1) is 12.4. The molecule has 4 nitrogen and oxygen atoms in total. The highest BCUT2D eigenvalue weighted by atomic mass is 16.4. The summed E-state index contributed by atoms with van der Waals surface area (Å²) in [5, 5.41) is 0.917. The number of rotatable bonds is 3. The molecule has 0 fully saturated rings. The fourth-order valence-corrected chi connectivity index (χ4v) is 2.17. The van der Waals surface area contributed by atoms with Crippen molar-refractivity contribution >= 4 is 16.7 Å². The van der Waals surface area contributed by atoms with E-state index in [0.29, 0.717) is 17.8 Å². The Kier molecular flexibility index (Phi) is 3.21. The summed E-state index contributed by atoms with van der Waals surface area (Å²) in [5.41, 5.74) is 1.88. The van der Waals surface area contributed by atoms with Gasteiger partial charge in [0.1, 0.15) is 11.3 Å². The number of fused-ring (bicyclic) bond motifs is 1. The van der Waals surface area contributed by atoms with Gasteiger partial charge in [-0.1, -0.05) is 24.3 Å². The Labute approximate surface area is 116 Å². The number of hydrogen-bond donors (Lipinski definition) is 0. The molecule has 3 aromatic rings. The molecule has 0 radical (unpaired) electrons. The minimum atomic E-state index is -0.324. The van der Waals surface area contributed by atoms with Crippen LogP contribution in [0.5, 0.6) is 0 Å². The summed E-state index contributed by atoms with van der Waals surface area (Å²) in [6.45, 7) is 0.608. The number of benzene rings is 1. The predicted molar refractivity (Wildman–Crippen MR) is 78.8 cm³/mol. The maximum Gasteiger partial charge on any atom is 0.360 e. The normalized spacial score (nSPS) is 10.7. The second-order valence-corrected chi connectivity index (χ2v) is 4.67. The number of pyridine rings is 1. The van der Waals surface area contributed by atoms with Crippen LogP contribution in [0.15, 0.2) is 64.1 Å². The van der Waals surface area contributed by atoms with Crippen LogP contribution in [0.3, 0.4) is 0 Å². The zero-order valence-corrected chi connectivity index (χ0v) is 11.1. The van der Waals surface area contributed by atoms with Crippen LogP contribution in [-0.2, 0) is 6.54 Å². The molecule has 0 unspecified atom stereocenters. The molecule has 2 heterocycles. The summed E-state index contributed by atoms with van der Waals surface area (Å²) >= 11 is 0. The maximum atomic E-state index is 12.0. The van der Waals surface area contributed by atoms with Crippen molar-refractivity contribution in [2.45, 2.75) is 6.54 Å². The molecular formula is C16H14N2O2. The number of aromatic nitrogens is 1. The SMILES string of the molecule is CN(Cc1cccnc1)c1cc2ccccc2oc1=O. The summed E-state index contributed by atoms with van der Waals surface area (Å²) in [5.74, 6) is 0. The molecule has 0 atom stereocenters. The third-order valence-electron chi connectivity index (χ3n) is 3.18. The Morgan fingerprint density at radius 2 is 2.05 bits per heavy atom. The lowest BCUT2D eigenvalue weighted by Crippen LogP contribution is -2.22. The lowest BCUT2D eigenvalue weighted by Gasteiger charge is -2.17. The molecule has 0 N–H and O–H groups in total. The zero-order chi connectivity index (χ0) is 13.9. The van der Waals surface area contributed by atoms with Gasteiger partial charge in [0, 0.05) is 31.4 Å². The first-order chi connectivity index (χ1) is 9.74. The number of para-hydroxylation sites is 1. The topological polar surface area (TPSA) is 46.3 Å². The van der Waals surface area contributed by atoms with Crippen LogP contribution >= 0.6 is 0 Å². The largest absolute Gasteiger partial charge is 0.421 e. The van der Waals surface area contributed by atoms with Crippen molar-refractivity contribution in [3.05, 3.63) is 70.8 Å². The third-order valence-corrected chi connectivity index (χ3v) is 3.18. The van der Waals surface area contributed by atoms with E-state index in [1.165, 1.54) is 0 Å². The first-order valence-electron chi connectivity index (χ1n) is 6.37. The van der Waals surface area contributed by atoms with Crippen LogP contribution in [0.4, 0.5) is 5.69 Å². The quantitative estimate of drug-likeness (QED) is 0.684. The minimum absolute atomic E-state index is 0.324. The Morgan fingerprint density at radius 1 is 1.20 bits per heavy atom. The molecule has 20 heavy (non-hydrogen) atoms. The predicted octanol–water partition coefficient (Wildman–Crippen LogP) is 2.82. The van der Waals surface area contributed by atoms with Gasteiger partial charge in [-0.2, -0.15) is 0 Å². The van der Waals surface area contributed by atoms with E-state index in [9.17, 15) is 4.79 Å². The molecule has 2 aromatic heterocycles. The van der Waals surface area contributed by atoms with E-state index in [4.69, 9.17) is 4.42 Å². The van der Waals surface area contributed by atoms with Gasteiger partial charge >= 0.3 is 5.63 Å². The van der Waals surface area contributed by atoms with E-state index in [-0.39, 0.29) is 5.63 Å². The Hall–Kier alpha value is -2.62. The van der Waals surface area contributed by atoms with Crippen molar-refractivity contribution in [1.82, 2.24) is 4.98 Å². The lowest BCUT2D eigenvalue weighted by atomic mass is 10.2. The van der Waals surface area contributed by atoms with Crippen LogP contribution in [-0.4, -0.2) is 12.0 Å². The summed E-state index contributed by atoms with van der Waals surface area (Å²) in [6.07, 6.45) is 3.52. The van der Waals surface area contributed by atoms with Crippen LogP contribution in [0.2, 0.25) is 0 Å². The summed E-state index contributed by atoms with van der Waals surface area (Å²) in [4.78, 5) is 18.0. The molecule has 0 spiro atoms. The fourth-order valence-electron chi connectivity index (χ4n) is 2.17. The number of nitrogens with zero attached hydrogens (tertiary/aromatic N) is 2.